The quantitative estimate of drug-likeness (QED) is 0.396. The molecule has 3 nitrogen and oxygen atoms in total. The SMILES string of the molecule is CC.CC.CC.CCC1CCN(C)CC1(C)C#Cc1ccc(N2CC3CNC3C2)cc1CC1=CCC(C)C=C1. The van der Waals surface area contributed by atoms with E-state index in [0.717, 1.165) is 31.8 Å². The third-order valence-electron chi connectivity index (χ3n) is 8.66. The summed E-state index contributed by atoms with van der Waals surface area (Å²) in [4.78, 5) is 5.03. The van der Waals surface area contributed by atoms with Gasteiger partial charge in [-0.3, -0.25) is 0 Å². The Balaban J connectivity index is 0.000000833. The van der Waals surface area contributed by atoms with Crippen LogP contribution in [0.3, 0.4) is 0 Å². The molecule has 3 heterocycles. The van der Waals surface area contributed by atoms with Crippen LogP contribution in [0.2, 0.25) is 0 Å². The van der Waals surface area contributed by atoms with E-state index in [0.29, 0.717) is 17.9 Å². The van der Waals surface area contributed by atoms with Gasteiger partial charge in [0.25, 0.3) is 0 Å². The number of piperidine rings is 1. The van der Waals surface area contributed by atoms with E-state index in [-0.39, 0.29) is 5.41 Å². The van der Waals surface area contributed by atoms with Crippen LogP contribution in [-0.4, -0.2) is 50.7 Å². The summed E-state index contributed by atoms with van der Waals surface area (Å²) in [7, 11) is 2.24. The summed E-state index contributed by atoms with van der Waals surface area (Å²) in [5.41, 5.74) is 5.48. The van der Waals surface area contributed by atoms with Crippen molar-refractivity contribution in [2.75, 3.05) is 44.7 Å². The largest absolute Gasteiger partial charge is 0.370 e. The smallest absolute Gasteiger partial charge is 0.0445 e. The number of nitrogens with zero attached hydrogens (tertiary/aromatic N) is 2. The second-order valence-electron chi connectivity index (χ2n) is 11.3. The lowest BCUT2D eigenvalue weighted by atomic mass is 9.71. The monoisotopic (exact) mass is 533 g/mol. The zero-order valence-corrected chi connectivity index (χ0v) is 27.0. The van der Waals surface area contributed by atoms with E-state index in [4.69, 9.17) is 0 Å². The molecule has 3 aliphatic heterocycles. The van der Waals surface area contributed by atoms with Crippen LogP contribution < -0.4 is 10.2 Å². The van der Waals surface area contributed by atoms with Gasteiger partial charge in [-0.1, -0.05) is 91.9 Å². The molecule has 1 aliphatic carbocycles. The van der Waals surface area contributed by atoms with Gasteiger partial charge in [0, 0.05) is 54.8 Å². The van der Waals surface area contributed by atoms with Crippen LogP contribution in [0.25, 0.3) is 0 Å². The lowest BCUT2D eigenvalue weighted by Gasteiger charge is -2.41. The van der Waals surface area contributed by atoms with E-state index >= 15 is 0 Å². The first kappa shape index (κ1) is 33.2. The minimum atomic E-state index is 0.0664. The first-order valence-corrected chi connectivity index (χ1v) is 16.1. The molecule has 4 aliphatic rings. The maximum absolute atomic E-state index is 3.79. The number of anilines is 1. The molecule has 39 heavy (non-hydrogen) atoms. The fraction of sp³-hybridized carbons (Fsp3) is 0.667. The predicted octanol–water partition coefficient (Wildman–Crippen LogP) is 7.96. The van der Waals surface area contributed by atoms with Gasteiger partial charge in [-0.05, 0) is 81.0 Å². The Bertz CT molecular complexity index is 984. The number of hydrogen-bond donors (Lipinski definition) is 1. The fourth-order valence-corrected chi connectivity index (χ4v) is 6.30. The first-order chi connectivity index (χ1) is 18.9. The molecule has 0 saturated carbocycles. The Morgan fingerprint density at radius 2 is 1.82 bits per heavy atom. The van der Waals surface area contributed by atoms with Crippen LogP contribution in [0.1, 0.15) is 92.7 Å². The first-order valence-electron chi connectivity index (χ1n) is 16.1. The van der Waals surface area contributed by atoms with Crippen LogP contribution >= 0.6 is 0 Å². The maximum Gasteiger partial charge on any atom is 0.0445 e. The van der Waals surface area contributed by atoms with Crippen molar-refractivity contribution in [1.29, 1.82) is 0 Å². The van der Waals surface area contributed by atoms with Crippen molar-refractivity contribution in [2.24, 2.45) is 23.2 Å². The van der Waals surface area contributed by atoms with Gasteiger partial charge in [-0.2, -0.15) is 0 Å². The van der Waals surface area contributed by atoms with E-state index in [1.54, 1.807) is 0 Å². The molecule has 5 unspecified atom stereocenters. The molecule has 5 atom stereocenters. The minimum absolute atomic E-state index is 0.0664. The molecule has 0 aromatic heterocycles. The Hall–Kier alpha value is -2.02. The van der Waals surface area contributed by atoms with Crippen LogP contribution in [0, 0.1) is 35.0 Å². The molecule has 1 aromatic rings. The van der Waals surface area contributed by atoms with Crippen LogP contribution in [0.5, 0.6) is 0 Å². The Kier molecular flexibility index (Phi) is 13.9. The van der Waals surface area contributed by atoms with Crippen molar-refractivity contribution >= 4 is 5.69 Å². The normalized spacial score (nSPS) is 29.0. The van der Waals surface area contributed by atoms with Crippen LogP contribution in [-0.2, 0) is 6.42 Å². The molecule has 0 bridgehead atoms. The van der Waals surface area contributed by atoms with Gasteiger partial charge in [-0.15, -0.1) is 0 Å². The Morgan fingerprint density at radius 1 is 1.08 bits per heavy atom. The van der Waals surface area contributed by atoms with E-state index in [2.05, 4.69) is 91.2 Å². The molecule has 0 amide bonds. The lowest BCUT2D eigenvalue weighted by molar-refractivity contribution is 0.101. The third-order valence-corrected chi connectivity index (χ3v) is 8.66. The summed E-state index contributed by atoms with van der Waals surface area (Å²) >= 11 is 0. The van der Waals surface area contributed by atoms with Gasteiger partial charge < -0.3 is 15.1 Å². The van der Waals surface area contributed by atoms with Crippen LogP contribution in [0.15, 0.2) is 42.0 Å². The van der Waals surface area contributed by atoms with Crippen molar-refractivity contribution in [2.45, 2.75) is 94.0 Å². The summed E-state index contributed by atoms with van der Waals surface area (Å²) in [5, 5.41) is 3.59. The fourth-order valence-electron chi connectivity index (χ4n) is 6.30. The van der Waals surface area contributed by atoms with E-state index < -0.39 is 0 Å². The Morgan fingerprint density at radius 3 is 2.38 bits per heavy atom. The highest BCUT2D eigenvalue weighted by Gasteiger charge is 2.39. The summed E-state index contributed by atoms with van der Waals surface area (Å²) in [6.07, 6.45) is 11.7. The molecule has 3 saturated heterocycles. The predicted molar refractivity (Wildman–Crippen MR) is 174 cm³/mol. The zero-order valence-electron chi connectivity index (χ0n) is 27.0. The lowest BCUT2D eigenvalue weighted by Crippen LogP contribution is -2.51. The van der Waals surface area contributed by atoms with Gasteiger partial charge in [-0.25, -0.2) is 0 Å². The zero-order chi connectivity index (χ0) is 29.0. The van der Waals surface area contributed by atoms with Gasteiger partial charge in [0.15, 0.2) is 0 Å². The molecule has 0 spiro atoms. The van der Waals surface area contributed by atoms with E-state index in [9.17, 15) is 0 Å². The number of nitrogens with one attached hydrogen (secondary N) is 1. The highest BCUT2D eigenvalue weighted by molar-refractivity contribution is 5.57. The summed E-state index contributed by atoms with van der Waals surface area (Å²) < 4.78 is 0. The van der Waals surface area contributed by atoms with Gasteiger partial charge in [0.2, 0.25) is 0 Å². The maximum atomic E-state index is 3.79. The van der Waals surface area contributed by atoms with Crippen molar-refractivity contribution in [3.8, 4) is 11.8 Å². The van der Waals surface area contributed by atoms with Crippen LogP contribution in [0.4, 0.5) is 5.69 Å². The average molecular weight is 534 g/mol. The second-order valence-corrected chi connectivity index (χ2v) is 11.3. The number of likely N-dealkylation sites (tertiary alicyclic amines) is 1. The molecule has 1 aromatic carbocycles. The number of fused-ring (bicyclic) bond motifs is 1. The van der Waals surface area contributed by atoms with Gasteiger partial charge in [0.05, 0.1) is 0 Å². The summed E-state index contributed by atoms with van der Waals surface area (Å²) in [6, 6.07) is 7.75. The third kappa shape index (κ3) is 8.48. The summed E-state index contributed by atoms with van der Waals surface area (Å²) in [6.45, 7) is 24.8. The number of hydrogen-bond acceptors (Lipinski definition) is 3. The van der Waals surface area contributed by atoms with Crippen molar-refractivity contribution < 1.29 is 0 Å². The molecule has 3 fully saturated rings. The molecule has 3 heteroatoms. The standard InChI is InChI=1S/C30H41N3.3C2H6/c1-5-27-13-15-32(4)21-30(27,3)14-12-24-10-11-28(33-19-26-18-31-29(26)20-33)17-25(24)16-23-8-6-22(2)7-9-23;3*1-2/h6,8-11,17,22,26-27,29,31H,5,7,13,15-16,18-21H2,1-4H3;3*1-2H3. The number of rotatable bonds is 4. The molecule has 218 valence electrons. The molecular weight excluding hydrogens is 474 g/mol. The highest BCUT2D eigenvalue weighted by atomic mass is 15.2. The number of benzene rings is 1. The van der Waals surface area contributed by atoms with Crippen molar-refractivity contribution in [3.63, 3.8) is 0 Å². The van der Waals surface area contributed by atoms with E-state index in [1.165, 1.54) is 54.9 Å². The molecular formula is C36H59N3. The average Bonchev–Trinajstić information content (AvgIpc) is 3.26. The molecule has 5 rings (SSSR count). The minimum Gasteiger partial charge on any atom is -0.370 e. The van der Waals surface area contributed by atoms with Gasteiger partial charge in [0.1, 0.15) is 0 Å². The Labute approximate surface area is 242 Å². The van der Waals surface area contributed by atoms with Gasteiger partial charge >= 0.3 is 0 Å². The summed E-state index contributed by atoms with van der Waals surface area (Å²) in [5.74, 6) is 9.65. The topological polar surface area (TPSA) is 18.5 Å². The molecule has 0 radical (unpaired) electrons. The van der Waals surface area contributed by atoms with Crippen molar-refractivity contribution in [1.82, 2.24) is 10.2 Å². The number of allylic oxidation sites excluding steroid dienone is 4. The van der Waals surface area contributed by atoms with E-state index in [1.807, 2.05) is 41.5 Å². The van der Waals surface area contributed by atoms with Crippen molar-refractivity contribution in [3.05, 3.63) is 53.1 Å². The highest BCUT2D eigenvalue weighted by Crippen LogP contribution is 2.37. The second kappa shape index (κ2) is 16.3. The molecule has 1 N–H and O–H groups in total.